The second-order valence-electron chi connectivity index (χ2n) is 4.28. The molecule has 0 atom stereocenters. The Labute approximate surface area is 116 Å². The van der Waals surface area contributed by atoms with Gasteiger partial charge in [-0.05, 0) is 25.1 Å². The molecule has 0 aromatic carbocycles. The van der Waals surface area contributed by atoms with Crippen molar-refractivity contribution in [1.82, 2.24) is 14.4 Å². The van der Waals surface area contributed by atoms with Gasteiger partial charge in [0.2, 0.25) is 0 Å². The number of fused-ring (bicyclic) bond motifs is 1. The maximum absolute atomic E-state index is 6.10. The van der Waals surface area contributed by atoms with Crippen LogP contribution in [0.3, 0.4) is 0 Å². The van der Waals surface area contributed by atoms with Crippen molar-refractivity contribution in [3.63, 3.8) is 0 Å². The zero-order valence-electron chi connectivity index (χ0n) is 10.5. The average molecular weight is 273 g/mol. The van der Waals surface area contributed by atoms with Crippen LogP contribution >= 0.6 is 11.6 Å². The number of imidazole rings is 1. The van der Waals surface area contributed by atoms with Crippen molar-refractivity contribution >= 4 is 22.9 Å². The summed E-state index contributed by atoms with van der Waals surface area (Å²) in [6.45, 7) is 2.66. The van der Waals surface area contributed by atoms with Gasteiger partial charge in [0.25, 0.3) is 0 Å². The Morgan fingerprint density at radius 1 is 1.32 bits per heavy atom. The molecule has 5 heteroatoms. The summed E-state index contributed by atoms with van der Waals surface area (Å²) >= 11 is 6.10. The molecule has 0 aliphatic carbocycles. The first-order chi connectivity index (χ1) is 9.25. The first-order valence-electron chi connectivity index (χ1n) is 6.01. The second kappa shape index (κ2) is 4.90. The number of hydrogen-bond donors (Lipinski definition) is 1. The molecule has 3 heterocycles. The topological polar surface area (TPSA) is 42.2 Å². The first kappa shape index (κ1) is 12.0. The second-order valence-corrected chi connectivity index (χ2v) is 4.69. The Hall–Kier alpha value is -2.07. The smallest absolute Gasteiger partial charge is 0.137 e. The lowest BCUT2D eigenvalue weighted by Gasteiger charge is -2.08. The van der Waals surface area contributed by atoms with Gasteiger partial charge in [0.05, 0.1) is 34.8 Å². The Bertz CT molecular complexity index is 720. The molecule has 0 aliphatic rings. The first-order valence-corrected chi connectivity index (χ1v) is 6.39. The van der Waals surface area contributed by atoms with Crippen molar-refractivity contribution in [2.45, 2.75) is 13.5 Å². The fourth-order valence-corrected chi connectivity index (χ4v) is 2.24. The normalized spacial score (nSPS) is 10.8. The van der Waals surface area contributed by atoms with E-state index >= 15 is 0 Å². The van der Waals surface area contributed by atoms with Crippen molar-refractivity contribution in [3.8, 4) is 0 Å². The van der Waals surface area contributed by atoms with Crippen molar-refractivity contribution in [1.29, 1.82) is 0 Å². The third kappa shape index (κ3) is 2.27. The molecule has 0 bridgehead atoms. The average Bonchev–Trinajstić information content (AvgIpc) is 2.74. The largest absolute Gasteiger partial charge is 0.377 e. The molecule has 96 valence electrons. The highest BCUT2D eigenvalue weighted by molar-refractivity contribution is 6.33. The van der Waals surface area contributed by atoms with Crippen LogP contribution in [0.15, 0.2) is 42.9 Å². The van der Waals surface area contributed by atoms with E-state index in [9.17, 15) is 0 Å². The van der Waals surface area contributed by atoms with Crippen LogP contribution < -0.4 is 5.32 Å². The molecule has 3 rings (SSSR count). The van der Waals surface area contributed by atoms with Gasteiger partial charge in [0.1, 0.15) is 5.65 Å². The van der Waals surface area contributed by atoms with Crippen LogP contribution in [0.1, 0.15) is 11.4 Å². The fourth-order valence-electron chi connectivity index (χ4n) is 2.06. The molecular weight excluding hydrogens is 260 g/mol. The summed E-state index contributed by atoms with van der Waals surface area (Å²) in [5.74, 6) is 0. The van der Waals surface area contributed by atoms with Crippen LogP contribution in [0.25, 0.3) is 5.65 Å². The molecule has 0 saturated carbocycles. The molecule has 0 spiro atoms. The standard InChI is InChI=1S/C14H13ClN4/c1-10-13(19-7-3-2-4-14(19)18-10)9-17-12-8-16-6-5-11(12)15/h2-8,17H,9H2,1H3. The molecule has 0 fully saturated rings. The van der Waals surface area contributed by atoms with Gasteiger partial charge in [-0.3, -0.25) is 4.98 Å². The summed E-state index contributed by atoms with van der Waals surface area (Å²) in [6.07, 6.45) is 5.41. The van der Waals surface area contributed by atoms with Crippen LogP contribution in [0.4, 0.5) is 5.69 Å². The number of pyridine rings is 2. The van der Waals surface area contributed by atoms with E-state index in [1.54, 1.807) is 18.5 Å². The quantitative estimate of drug-likeness (QED) is 0.795. The predicted molar refractivity (Wildman–Crippen MR) is 76.5 cm³/mol. The van der Waals surface area contributed by atoms with Crippen molar-refractivity contribution in [2.75, 3.05) is 5.32 Å². The van der Waals surface area contributed by atoms with Crippen LogP contribution in [0, 0.1) is 6.92 Å². The predicted octanol–water partition coefficient (Wildman–Crippen LogP) is 3.30. The van der Waals surface area contributed by atoms with E-state index in [1.165, 1.54) is 0 Å². The van der Waals surface area contributed by atoms with E-state index in [-0.39, 0.29) is 0 Å². The lowest BCUT2D eigenvalue weighted by Crippen LogP contribution is -2.04. The van der Waals surface area contributed by atoms with Gasteiger partial charge in [0.15, 0.2) is 0 Å². The van der Waals surface area contributed by atoms with E-state index in [0.717, 1.165) is 22.7 Å². The zero-order chi connectivity index (χ0) is 13.2. The molecule has 3 aromatic heterocycles. The molecule has 0 saturated heterocycles. The minimum Gasteiger partial charge on any atom is -0.377 e. The number of hydrogen-bond acceptors (Lipinski definition) is 3. The summed E-state index contributed by atoms with van der Waals surface area (Å²) in [7, 11) is 0. The van der Waals surface area contributed by atoms with E-state index in [2.05, 4.69) is 19.7 Å². The highest BCUT2D eigenvalue weighted by atomic mass is 35.5. The molecule has 3 aromatic rings. The number of nitrogens with zero attached hydrogens (tertiary/aromatic N) is 3. The maximum Gasteiger partial charge on any atom is 0.137 e. The van der Waals surface area contributed by atoms with Crippen LogP contribution in [0.2, 0.25) is 5.02 Å². The van der Waals surface area contributed by atoms with Crippen molar-refractivity contribution in [2.24, 2.45) is 0 Å². The van der Waals surface area contributed by atoms with E-state index in [4.69, 9.17) is 11.6 Å². The minimum atomic E-state index is 0.655. The van der Waals surface area contributed by atoms with E-state index in [0.29, 0.717) is 11.6 Å². The number of aromatic nitrogens is 3. The SMILES string of the molecule is Cc1nc2ccccn2c1CNc1cnccc1Cl. The van der Waals surface area contributed by atoms with Gasteiger partial charge in [-0.15, -0.1) is 0 Å². The molecule has 1 N–H and O–H groups in total. The molecule has 19 heavy (non-hydrogen) atoms. The Morgan fingerprint density at radius 2 is 2.21 bits per heavy atom. The summed E-state index contributed by atoms with van der Waals surface area (Å²) < 4.78 is 2.08. The molecule has 0 aliphatic heterocycles. The third-order valence-electron chi connectivity index (χ3n) is 3.04. The number of aryl methyl sites for hydroxylation is 1. The van der Waals surface area contributed by atoms with Gasteiger partial charge >= 0.3 is 0 Å². The summed E-state index contributed by atoms with van der Waals surface area (Å²) in [6, 6.07) is 7.74. The highest BCUT2D eigenvalue weighted by Gasteiger charge is 2.08. The Morgan fingerprint density at radius 3 is 3.05 bits per heavy atom. The van der Waals surface area contributed by atoms with E-state index in [1.807, 2.05) is 31.3 Å². The van der Waals surface area contributed by atoms with Crippen molar-refractivity contribution in [3.05, 3.63) is 59.3 Å². The molecule has 4 nitrogen and oxygen atoms in total. The zero-order valence-corrected chi connectivity index (χ0v) is 11.2. The summed E-state index contributed by atoms with van der Waals surface area (Å²) in [4.78, 5) is 8.58. The van der Waals surface area contributed by atoms with Gasteiger partial charge < -0.3 is 9.72 Å². The van der Waals surface area contributed by atoms with E-state index < -0.39 is 0 Å². The minimum absolute atomic E-state index is 0.655. The highest BCUT2D eigenvalue weighted by Crippen LogP contribution is 2.20. The lowest BCUT2D eigenvalue weighted by atomic mass is 10.3. The third-order valence-corrected chi connectivity index (χ3v) is 3.37. The molecular formula is C14H13ClN4. The number of anilines is 1. The summed E-state index contributed by atoms with van der Waals surface area (Å²) in [5, 5.41) is 3.96. The monoisotopic (exact) mass is 272 g/mol. The number of halogens is 1. The van der Waals surface area contributed by atoms with Crippen LogP contribution in [-0.4, -0.2) is 14.4 Å². The van der Waals surface area contributed by atoms with Gasteiger partial charge in [-0.2, -0.15) is 0 Å². The Balaban J connectivity index is 1.90. The molecule has 0 amide bonds. The number of rotatable bonds is 3. The van der Waals surface area contributed by atoms with Gasteiger partial charge in [-0.25, -0.2) is 4.98 Å². The van der Waals surface area contributed by atoms with Crippen LogP contribution in [-0.2, 0) is 6.54 Å². The lowest BCUT2D eigenvalue weighted by molar-refractivity contribution is 0.985. The Kier molecular flexibility index (Phi) is 3.09. The number of nitrogens with one attached hydrogen (secondary N) is 1. The van der Waals surface area contributed by atoms with Gasteiger partial charge in [-0.1, -0.05) is 17.7 Å². The summed E-state index contributed by atoms with van der Waals surface area (Å²) in [5.41, 5.74) is 3.91. The maximum atomic E-state index is 6.10. The molecule has 0 unspecified atom stereocenters. The van der Waals surface area contributed by atoms with Crippen LogP contribution in [0.5, 0.6) is 0 Å². The molecule has 0 radical (unpaired) electrons. The van der Waals surface area contributed by atoms with Crippen molar-refractivity contribution < 1.29 is 0 Å². The fraction of sp³-hybridized carbons (Fsp3) is 0.143. The van der Waals surface area contributed by atoms with Gasteiger partial charge in [0, 0.05) is 12.4 Å².